The number of nitrogens with zero attached hydrogens (tertiary/aromatic N) is 5. The minimum Gasteiger partial charge on any atom is -0.334 e. The summed E-state index contributed by atoms with van der Waals surface area (Å²) >= 11 is 0. The molecule has 3 heterocycles. The van der Waals surface area contributed by atoms with Crippen LogP contribution in [-0.2, 0) is 13.1 Å². The van der Waals surface area contributed by atoms with Crippen LogP contribution in [0.1, 0.15) is 42.8 Å². The molecule has 0 aliphatic carbocycles. The SMILES string of the molecule is CCn1ccnc1CN1CCC(c2cncc(-c3ccccc3C)n2)CC1. The molecule has 0 amide bonds. The highest BCUT2D eigenvalue weighted by atomic mass is 15.2. The lowest BCUT2D eigenvalue weighted by Gasteiger charge is -2.31. The van der Waals surface area contributed by atoms with Gasteiger partial charge in [-0.3, -0.25) is 9.88 Å². The Balaban J connectivity index is 1.43. The van der Waals surface area contributed by atoms with Gasteiger partial charge in [0, 0.05) is 36.6 Å². The zero-order chi connectivity index (χ0) is 18.6. The van der Waals surface area contributed by atoms with Gasteiger partial charge in [0.2, 0.25) is 0 Å². The molecule has 0 N–H and O–H groups in total. The summed E-state index contributed by atoms with van der Waals surface area (Å²) in [6.45, 7) is 8.37. The molecule has 0 atom stereocenters. The smallest absolute Gasteiger partial charge is 0.122 e. The number of hydrogen-bond donors (Lipinski definition) is 0. The van der Waals surface area contributed by atoms with E-state index in [-0.39, 0.29) is 0 Å². The molecule has 5 heteroatoms. The summed E-state index contributed by atoms with van der Waals surface area (Å²) in [7, 11) is 0. The van der Waals surface area contributed by atoms with Crippen LogP contribution < -0.4 is 0 Å². The number of piperidine rings is 1. The highest BCUT2D eigenvalue weighted by Gasteiger charge is 2.23. The lowest BCUT2D eigenvalue weighted by molar-refractivity contribution is 0.196. The average molecular weight is 361 g/mol. The predicted octanol–water partition coefficient (Wildman–Crippen LogP) is 4.05. The van der Waals surface area contributed by atoms with E-state index in [1.54, 1.807) is 0 Å². The molecule has 0 unspecified atom stereocenters. The van der Waals surface area contributed by atoms with Crippen LogP contribution in [0.2, 0.25) is 0 Å². The second-order valence-electron chi connectivity index (χ2n) is 7.32. The van der Waals surface area contributed by atoms with Gasteiger partial charge in [-0.25, -0.2) is 9.97 Å². The first-order valence-corrected chi connectivity index (χ1v) is 9.85. The fraction of sp³-hybridized carbons (Fsp3) is 0.409. The summed E-state index contributed by atoms with van der Waals surface area (Å²) in [6.07, 6.45) is 10.0. The molecule has 27 heavy (non-hydrogen) atoms. The van der Waals surface area contributed by atoms with Crippen molar-refractivity contribution < 1.29 is 0 Å². The van der Waals surface area contributed by atoms with E-state index in [1.165, 1.54) is 11.1 Å². The van der Waals surface area contributed by atoms with E-state index in [1.807, 2.05) is 18.6 Å². The second-order valence-corrected chi connectivity index (χ2v) is 7.32. The Morgan fingerprint density at radius 3 is 2.70 bits per heavy atom. The van der Waals surface area contributed by atoms with Crippen LogP contribution >= 0.6 is 0 Å². The van der Waals surface area contributed by atoms with Crippen LogP contribution in [0.4, 0.5) is 0 Å². The third-order valence-electron chi connectivity index (χ3n) is 5.59. The number of benzene rings is 1. The Kier molecular flexibility index (Phi) is 5.30. The quantitative estimate of drug-likeness (QED) is 0.688. The first-order valence-electron chi connectivity index (χ1n) is 9.85. The van der Waals surface area contributed by atoms with Gasteiger partial charge in [0.25, 0.3) is 0 Å². The number of hydrogen-bond acceptors (Lipinski definition) is 4. The number of rotatable bonds is 5. The highest BCUT2D eigenvalue weighted by molar-refractivity contribution is 5.62. The van der Waals surface area contributed by atoms with Crippen LogP contribution in [0, 0.1) is 6.92 Å². The van der Waals surface area contributed by atoms with Crippen molar-refractivity contribution in [1.29, 1.82) is 0 Å². The third kappa shape index (κ3) is 3.93. The summed E-state index contributed by atoms with van der Waals surface area (Å²) in [4.78, 5) is 16.5. The molecule has 0 radical (unpaired) electrons. The third-order valence-corrected chi connectivity index (χ3v) is 5.59. The number of aromatic nitrogens is 4. The van der Waals surface area contributed by atoms with Crippen LogP contribution in [0.15, 0.2) is 49.1 Å². The van der Waals surface area contributed by atoms with E-state index in [9.17, 15) is 0 Å². The van der Waals surface area contributed by atoms with E-state index in [4.69, 9.17) is 4.98 Å². The molecule has 1 aliphatic heterocycles. The van der Waals surface area contributed by atoms with Gasteiger partial charge < -0.3 is 4.57 Å². The molecule has 2 aromatic heterocycles. The Bertz CT molecular complexity index is 893. The van der Waals surface area contributed by atoms with Crippen molar-refractivity contribution in [2.75, 3.05) is 13.1 Å². The Morgan fingerprint density at radius 2 is 1.93 bits per heavy atom. The molecule has 4 rings (SSSR count). The lowest BCUT2D eigenvalue weighted by Crippen LogP contribution is -2.33. The topological polar surface area (TPSA) is 46.8 Å². The number of likely N-dealkylation sites (tertiary alicyclic amines) is 1. The zero-order valence-corrected chi connectivity index (χ0v) is 16.2. The van der Waals surface area contributed by atoms with Crippen molar-refractivity contribution in [3.63, 3.8) is 0 Å². The fourth-order valence-corrected chi connectivity index (χ4v) is 3.93. The molecule has 1 saturated heterocycles. The molecule has 0 bridgehead atoms. The zero-order valence-electron chi connectivity index (χ0n) is 16.2. The van der Waals surface area contributed by atoms with Crippen LogP contribution in [0.3, 0.4) is 0 Å². The lowest BCUT2D eigenvalue weighted by atomic mass is 9.93. The average Bonchev–Trinajstić information content (AvgIpc) is 3.16. The number of aryl methyl sites for hydroxylation is 2. The van der Waals surface area contributed by atoms with Gasteiger partial charge in [-0.05, 0) is 45.3 Å². The Labute approximate surface area is 161 Å². The standard InChI is InChI=1S/C22H27N5/c1-3-27-13-10-24-22(27)16-26-11-8-18(9-12-26)20-14-23-15-21(25-20)19-7-5-4-6-17(19)2/h4-7,10,13-15,18H,3,8-9,11-12,16H2,1-2H3. The van der Waals surface area contributed by atoms with Gasteiger partial charge in [-0.15, -0.1) is 0 Å². The van der Waals surface area contributed by atoms with E-state index in [2.05, 4.69) is 63.7 Å². The van der Waals surface area contributed by atoms with Gasteiger partial charge in [0.15, 0.2) is 0 Å². The number of imidazole rings is 1. The van der Waals surface area contributed by atoms with Crippen molar-refractivity contribution in [2.45, 2.75) is 45.7 Å². The molecule has 0 spiro atoms. The first kappa shape index (κ1) is 17.9. The fourth-order valence-electron chi connectivity index (χ4n) is 3.93. The van der Waals surface area contributed by atoms with Gasteiger partial charge in [0.1, 0.15) is 5.82 Å². The normalized spacial score (nSPS) is 15.9. The summed E-state index contributed by atoms with van der Waals surface area (Å²) in [6, 6.07) is 8.38. The Hall–Kier alpha value is -2.53. The second kappa shape index (κ2) is 8.01. The largest absolute Gasteiger partial charge is 0.334 e. The Morgan fingerprint density at radius 1 is 1.11 bits per heavy atom. The highest BCUT2D eigenvalue weighted by Crippen LogP contribution is 2.29. The summed E-state index contributed by atoms with van der Waals surface area (Å²) in [5.41, 5.74) is 4.53. The maximum Gasteiger partial charge on any atom is 0.122 e. The van der Waals surface area contributed by atoms with Crippen molar-refractivity contribution in [1.82, 2.24) is 24.4 Å². The van der Waals surface area contributed by atoms with E-state index >= 15 is 0 Å². The van der Waals surface area contributed by atoms with Gasteiger partial charge in [-0.2, -0.15) is 0 Å². The van der Waals surface area contributed by atoms with Crippen molar-refractivity contribution in [3.8, 4) is 11.3 Å². The first-order chi connectivity index (χ1) is 13.2. The molecule has 3 aromatic rings. The van der Waals surface area contributed by atoms with Gasteiger partial charge >= 0.3 is 0 Å². The maximum atomic E-state index is 4.96. The molecule has 140 valence electrons. The van der Waals surface area contributed by atoms with Crippen LogP contribution in [-0.4, -0.2) is 37.5 Å². The van der Waals surface area contributed by atoms with Crippen LogP contribution in [0.25, 0.3) is 11.3 Å². The minimum absolute atomic E-state index is 0.489. The molecule has 5 nitrogen and oxygen atoms in total. The summed E-state index contributed by atoms with van der Waals surface area (Å²) < 4.78 is 2.23. The van der Waals surface area contributed by atoms with E-state index in [0.29, 0.717) is 5.92 Å². The molecule has 1 aromatic carbocycles. The molecule has 1 fully saturated rings. The molecular weight excluding hydrogens is 334 g/mol. The van der Waals surface area contributed by atoms with Crippen LogP contribution in [0.5, 0.6) is 0 Å². The monoisotopic (exact) mass is 361 g/mol. The maximum absolute atomic E-state index is 4.96. The van der Waals surface area contributed by atoms with Gasteiger partial charge in [0.05, 0.1) is 24.1 Å². The summed E-state index contributed by atoms with van der Waals surface area (Å²) in [5, 5.41) is 0. The van der Waals surface area contributed by atoms with Crippen molar-refractivity contribution in [3.05, 3.63) is 66.1 Å². The van der Waals surface area contributed by atoms with Crippen molar-refractivity contribution >= 4 is 0 Å². The van der Waals surface area contributed by atoms with E-state index in [0.717, 1.165) is 56.2 Å². The van der Waals surface area contributed by atoms with Crippen molar-refractivity contribution in [2.24, 2.45) is 0 Å². The molecular formula is C22H27N5. The van der Waals surface area contributed by atoms with E-state index < -0.39 is 0 Å². The minimum atomic E-state index is 0.489. The predicted molar refractivity (Wildman–Crippen MR) is 107 cm³/mol. The molecule has 1 aliphatic rings. The summed E-state index contributed by atoms with van der Waals surface area (Å²) in [5.74, 6) is 1.65. The van der Waals surface area contributed by atoms with Gasteiger partial charge in [-0.1, -0.05) is 24.3 Å². The molecule has 0 saturated carbocycles.